The standard InChI is InChI=1S/C20H13Cl6N3/c1-3-15(12-10-13(2)9-11-14-7-5-4-6-8-14)16-27-17(19(21,22)23)29-18(28-16)20(24,25)26/h3-8,10,12H,2H2,1H3/b12-10-,15-3+. The van der Waals surface area contributed by atoms with Crippen LogP contribution in [0.25, 0.3) is 5.57 Å². The number of hydrogen-bond donors (Lipinski definition) is 0. The molecule has 0 saturated heterocycles. The summed E-state index contributed by atoms with van der Waals surface area (Å²) >= 11 is 35.4. The zero-order valence-electron chi connectivity index (χ0n) is 14.9. The van der Waals surface area contributed by atoms with Gasteiger partial charge in [0.05, 0.1) is 0 Å². The molecule has 0 fully saturated rings. The summed E-state index contributed by atoms with van der Waals surface area (Å²) in [5, 5.41) is 0. The molecule has 0 bridgehead atoms. The Hall–Kier alpha value is -1.25. The summed E-state index contributed by atoms with van der Waals surface area (Å²) in [4.78, 5) is 12.3. The molecule has 1 aromatic heterocycles. The molecule has 0 aliphatic rings. The number of benzene rings is 1. The number of halogens is 6. The van der Waals surface area contributed by atoms with Crippen molar-refractivity contribution in [1.82, 2.24) is 15.0 Å². The molecule has 0 radical (unpaired) electrons. The van der Waals surface area contributed by atoms with Crippen molar-refractivity contribution in [2.45, 2.75) is 14.5 Å². The number of nitrogens with zero attached hydrogens (tertiary/aromatic N) is 3. The number of allylic oxidation sites excluding steroid dienone is 5. The first kappa shape index (κ1) is 24.0. The highest BCUT2D eigenvalue weighted by atomic mass is 35.6. The van der Waals surface area contributed by atoms with E-state index in [2.05, 4.69) is 33.4 Å². The Morgan fingerprint density at radius 1 is 0.897 bits per heavy atom. The lowest BCUT2D eigenvalue weighted by Gasteiger charge is -2.15. The van der Waals surface area contributed by atoms with E-state index in [-0.39, 0.29) is 17.5 Å². The second-order valence-corrected chi connectivity index (χ2v) is 10.1. The van der Waals surface area contributed by atoms with E-state index in [0.717, 1.165) is 5.56 Å². The van der Waals surface area contributed by atoms with E-state index in [9.17, 15) is 0 Å². The fourth-order valence-electron chi connectivity index (χ4n) is 1.96. The summed E-state index contributed by atoms with van der Waals surface area (Å²) in [7, 11) is 0. The van der Waals surface area contributed by atoms with E-state index < -0.39 is 7.59 Å². The Bertz CT molecular complexity index is 974. The first-order valence-electron chi connectivity index (χ1n) is 8.02. The van der Waals surface area contributed by atoms with Gasteiger partial charge in [-0.3, -0.25) is 0 Å². The molecular weight excluding hydrogens is 495 g/mol. The summed E-state index contributed by atoms with van der Waals surface area (Å²) in [5.74, 6) is 5.83. The zero-order chi connectivity index (χ0) is 21.7. The fraction of sp³-hybridized carbons (Fsp3) is 0.150. The third-order valence-electron chi connectivity index (χ3n) is 3.32. The third-order valence-corrected chi connectivity index (χ3v) is 4.33. The van der Waals surface area contributed by atoms with Gasteiger partial charge >= 0.3 is 0 Å². The van der Waals surface area contributed by atoms with Gasteiger partial charge in [-0.25, -0.2) is 15.0 Å². The number of aromatic nitrogens is 3. The van der Waals surface area contributed by atoms with Gasteiger partial charge in [0.1, 0.15) is 0 Å². The van der Waals surface area contributed by atoms with Gasteiger partial charge < -0.3 is 0 Å². The monoisotopic (exact) mass is 505 g/mol. The molecule has 0 atom stereocenters. The van der Waals surface area contributed by atoms with E-state index in [1.807, 2.05) is 30.3 Å². The van der Waals surface area contributed by atoms with E-state index in [4.69, 9.17) is 69.6 Å². The van der Waals surface area contributed by atoms with Gasteiger partial charge in [-0.15, -0.1) is 0 Å². The average Bonchev–Trinajstić information content (AvgIpc) is 2.66. The summed E-state index contributed by atoms with van der Waals surface area (Å²) in [6.07, 6.45) is 5.16. The minimum absolute atomic E-state index is 0.163. The lowest BCUT2D eigenvalue weighted by molar-refractivity contribution is 0.832. The van der Waals surface area contributed by atoms with Gasteiger partial charge in [-0.1, -0.05) is 118 Å². The summed E-state index contributed by atoms with van der Waals surface area (Å²) in [5.41, 5.74) is 2.02. The molecule has 150 valence electrons. The molecule has 29 heavy (non-hydrogen) atoms. The first-order valence-corrected chi connectivity index (χ1v) is 10.3. The van der Waals surface area contributed by atoms with Crippen LogP contribution in [-0.4, -0.2) is 15.0 Å². The Balaban J connectivity index is 2.35. The van der Waals surface area contributed by atoms with Crippen LogP contribution >= 0.6 is 69.6 Å². The first-order chi connectivity index (χ1) is 13.5. The van der Waals surface area contributed by atoms with Crippen LogP contribution in [0, 0.1) is 11.8 Å². The van der Waals surface area contributed by atoms with Crippen molar-refractivity contribution in [3.05, 3.63) is 83.7 Å². The van der Waals surface area contributed by atoms with Crippen molar-refractivity contribution >= 4 is 75.2 Å². The van der Waals surface area contributed by atoms with Crippen LogP contribution in [0.1, 0.15) is 30.0 Å². The highest BCUT2D eigenvalue weighted by Crippen LogP contribution is 2.40. The van der Waals surface area contributed by atoms with E-state index in [1.54, 1.807) is 25.2 Å². The average molecular weight is 508 g/mol. The van der Waals surface area contributed by atoms with E-state index in [1.165, 1.54) is 0 Å². The molecule has 2 rings (SSSR count). The predicted octanol–water partition coefficient (Wildman–Crippen LogP) is 7.09. The van der Waals surface area contributed by atoms with Crippen molar-refractivity contribution in [3.8, 4) is 11.8 Å². The largest absolute Gasteiger partial charge is 0.250 e. The Labute approximate surface area is 199 Å². The van der Waals surface area contributed by atoms with Gasteiger partial charge in [0.25, 0.3) is 0 Å². The van der Waals surface area contributed by atoms with Gasteiger partial charge in [0.2, 0.25) is 7.59 Å². The summed E-state index contributed by atoms with van der Waals surface area (Å²) in [6.45, 7) is 5.70. The van der Waals surface area contributed by atoms with E-state index >= 15 is 0 Å². The van der Waals surface area contributed by atoms with Crippen LogP contribution in [0.2, 0.25) is 0 Å². The highest BCUT2D eigenvalue weighted by Gasteiger charge is 2.34. The minimum atomic E-state index is -1.92. The third kappa shape index (κ3) is 7.50. The lowest BCUT2D eigenvalue weighted by Crippen LogP contribution is -2.17. The second kappa shape index (κ2) is 10.2. The van der Waals surface area contributed by atoms with Gasteiger partial charge in [-0.2, -0.15) is 0 Å². The van der Waals surface area contributed by atoms with Crippen LogP contribution in [0.4, 0.5) is 0 Å². The molecule has 2 aromatic rings. The quantitative estimate of drug-likeness (QED) is 0.253. The van der Waals surface area contributed by atoms with Crippen LogP contribution in [0.15, 0.2) is 60.7 Å². The zero-order valence-corrected chi connectivity index (χ0v) is 19.5. The Morgan fingerprint density at radius 3 is 1.93 bits per heavy atom. The molecule has 0 spiro atoms. The van der Waals surface area contributed by atoms with Crippen LogP contribution < -0.4 is 0 Å². The highest BCUT2D eigenvalue weighted by molar-refractivity contribution is 6.67. The number of hydrogen-bond acceptors (Lipinski definition) is 3. The van der Waals surface area contributed by atoms with E-state index in [0.29, 0.717) is 11.1 Å². The molecule has 1 heterocycles. The predicted molar refractivity (Wildman–Crippen MR) is 124 cm³/mol. The minimum Gasteiger partial charge on any atom is -0.209 e. The van der Waals surface area contributed by atoms with Gasteiger partial charge in [0.15, 0.2) is 17.5 Å². The summed E-state index contributed by atoms with van der Waals surface area (Å²) in [6, 6.07) is 9.55. The molecule has 0 aliphatic carbocycles. The van der Waals surface area contributed by atoms with Gasteiger partial charge in [0, 0.05) is 16.7 Å². The van der Waals surface area contributed by atoms with Crippen LogP contribution in [0.5, 0.6) is 0 Å². The lowest BCUT2D eigenvalue weighted by atomic mass is 10.1. The molecule has 3 nitrogen and oxygen atoms in total. The molecule has 0 saturated carbocycles. The molecule has 0 unspecified atom stereocenters. The van der Waals surface area contributed by atoms with Crippen molar-refractivity contribution in [2.24, 2.45) is 0 Å². The SMILES string of the molecule is C=C(C#Cc1ccccc1)/C=C\C(=C/C)c1nc(C(Cl)(Cl)Cl)nc(C(Cl)(Cl)Cl)n1. The maximum atomic E-state index is 5.91. The van der Waals surface area contributed by atoms with Crippen molar-refractivity contribution < 1.29 is 0 Å². The Morgan fingerprint density at radius 2 is 1.45 bits per heavy atom. The maximum Gasteiger partial charge on any atom is 0.250 e. The molecular formula is C20H13Cl6N3. The Kier molecular flexibility index (Phi) is 8.43. The smallest absolute Gasteiger partial charge is 0.209 e. The number of rotatable bonds is 3. The van der Waals surface area contributed by atoms with Crippen LogP contribution in [0.3, 0.4) is 0 Å². The molecule has 0 N–H and O–H groups in total. The van der Waals surface area contributed by atoms with Crippen molar-refractivity contribution in [3.63, 3.8) is 0 Å². The molecule has 0 aliphatic heterocycles. The number of alkyl halides is 6. The van der Waals surface area contributed by atoms with Crippen molar-refractivity contribution in [2.75, 3.05) is 0 Å². The van der Waals surface area contributed by atoms with Crippen LogP contribution in [-0.2, 0) is 7.59 Å². The topological polar surface area (TPSA) is 38.7 Å². The molecule has 1 aromatic carbocycles. The normalized spacial score (nSPS) is 12.6. The van der Waals surface area contributed by atoms with Gasteiger partial charge in [-0.05, 0) is 25.1 Å². The second-order valence-electron chi connectivity index (χ2n) is 5.52. The van der Waals surface area contributed by atoms with Crippen molar-refractivity contribution in [1.29, 1.82) is 0 Å². The molecule has 9 heteroatoms. The molecule has 0 amide bonds. The fourth-order valence-corrected chi connectivity index (χ4v) is 2.47. The maximum absolute atomic E-state index is 5.91. The summed E-state index contributed by atoms with van der Waals surface area (Å²) < 4.78 is -3.84.